The lowest BCUT2D eigenvalue weighted by Gasteiger charge is -2.27. The number of carboxylic acid groups (broad SMARTS) is 1. The van der Waals surface area contributed by atoms with Gasteiger partial charge in [0.15, 0.2) is 0 Å². The number of ether oxygens (including phenoxy) is 1. The van der Waals surface area contributed by atoms with Gasteiger partial charge in [0, 0.05) is 18.3 Å². The number of benzene rings is 1. The van der Waals surface area contributed by atoms with Crippen LogP contribution in [-0.2, 0) is 4.79 Å². The largest absolute Gasteiger partial charge is 0.495 e. The van der Waals surface area contributed by atoms with Gasteiger partial charge in [-0.1, -0.05) is 11.6 Å². The lowest BCUT2D eigenvalue weighted by atomic mass is 10.2. The molecule has 2 N–H and O–H groups in total. The molecule has 21 heavy (non-hydrogen) atoms. The van der Waals surface area contributed by atoms with E-state index in [1.165, 1.54) is 12.0 Å². The molecule has 1 aromatic rings. The Balaban J connectivity index is 2.78. The Labute approximate surface area is 128 Å². The molecule has 116 valence electrons. The molecule has 0 saturated carbocycles. The van der Waals surface area contributed by atoms with Crippen LogP contribution in [0.2, 0.25) is 5.02 Å². The van der Waals surface area contributed by atoms with Crippen LogP contribution in [0.3, 0.4) is 0 Å². The first-order chi connectivity index (χ1) is 9.88. The minimum Gasteiger partial charge on any atom is -0.495 e. The molecule has 1 aromatic carbocycles. The Hall–Kier alpha value is -1.95. The van der Waals surface area contributed by atoms with Crippen LogP contribution in [-0.4, -0.2) is 41.7 Å². The van der Waals surface area contributed by atoms with Gasteiger partial charge >= 0.3 is 12.0 Å². The SMILES string of the molecule is CCN(C(=O)Nc1ccc(OC)c(Cl)c1)C(C)CC(=O)O. The van der Waals surface area contributed by atoms with E-state index in [2.05, 4.69) is 5.32 Å². The van der Waals surface area contributed by atoms with Crippen molar-refractivity contribution in [1.29, 1.82) is 0 Å². The summed E-state index contributed by atoms with van der Waals surface area (Å²) >= 11 is 5.99. The first-order valence-electron chi connectivity index (χ1n) is 6.52. The number of rotatable bonds is 6. The van der Waals surface area contributed by atoms with Crippen LogP contribution in [0, 0.1) is 0 Å². The highest BCUT2D eigenvalue weighted by Crippen LogP contribution is 2.27. The van der Waals surface area contributed by atoms with Crippen LogP contribution < -0.4 is 10.1 Å². The van der Waals surface area contributed by atoms with E-state index in [1.807, 2.05) is 0 Å². The molecule has 0 bridgehead atoms. The van der Waals surface area contributed by atoms with E-state index in [1.54, 1.807) is 32.0 Å². The van der Waals surface area contributed by atoms with E-state index in [0.717, 1.165) is 0 Å². The number of methoxy groups -OCH3 is 1. The molecule has 0 aliphatic carbocycles. The van der Waals surface area contributed by atoms with Crippen LogP contribution in [0.25, 0.3) is 0 Å². The van der Waals surface area contributed by atoms with Crippen molar-refractivity contribution in [1.82, 2.24) is 4.90 Å². The highest BCUT2D eigenvalue weighted by molar-refractivity contribution is 6.32. The maximum absolute atomic E-state index is 12.2. The topological polar surface area (TPSA) is 78.9 Å². The number of hydrogen-bond acceptors (Lipinski definition) is 3. The predicted molar refractivity (Wildman–Crippen MR) is 81.1 cm³/mol. The fourth-order valence-electron chi connectivity index (χ4n) is 1.96. The highest BCUT2D eigenvalue weighted by Gasteiger charge is 2.21. The fourth-order valence-corrected chi connectivity index (χ4v) is 2.22. The zero-order valence-corrected chi connectivity index (χ0v) is 13.0. The third-order valence-electron chi connectivity index (χ3n) is 3.01. The van der Waals surface area contributed by atoms with E-state index in [4.69, 9.17) is 21.4 Å². The minimum absolute atomic E-state index is 0.107. The maximum Gasteiger partial charge on any atom is 0.322 e. The number of hydrogen-bond donors (Lipinski definition) is 2. The highest BCUT2D eigenvalue weighted by atomic mass is 35.5. The summed E-state index contributed by atoms with van der Waals surface area (Å²) in [5, 5.41) is 11.9. The second-order valence-corrected chi connectivity index (χ2v) is 4.92. The smallest absolute Gasteiger partial charge is 0.322 e. The van der Waals surface area contributed by atoms with Crippen molar-refractivity contribution < 1.29 is 19.4 Å². The second-order valence-electron chi connectivity index (χ2n) is 4.51. The van der Waals surface area contributed by atoms with Gasteiger partial charge in [0.1, 0.15) is 5.75 Å². The molecule has 0 radical (unpaired) electrons. The van der Waals surface area contributed by atoms with E-state index in [-0.39, 0.29) is 12.5 Å². The van der Waals surface area contributed by atoms with Gasteiger partial charge in [-0.05, 0) is 32.0 Å². The summed E-state index contributed by atoms with van der Waals surface area (Å²) in [5.74, 6) is -0.428. The van der Waals surface area contributed by atoms with Gasteiger partial charge < -0.3 is 20.1 Å². The number of nitrogens with zero attached hydrogens (tertiary/aromatic N) is 1. The summed E-state index contributed by atoms with van der Waals surface area (Å²) in [4.78, 5) is 24.4. The standard InChI is InChI=1S/C14H19ClN2O4/c1-4-17(9(2)7-13(18)19)14(20)16-10-5-6-12(21-3)11(15)8-10/h5-6,8-9H,4,7H2,1-3H3,(H,16,20)(H,18,19). The van der Waals surface area contributed by atoms with Crippen molar-refractivity contribution in [3.05, 3.63) is 23.2 Å². The van der Waals surface area contributed by atoms with Gasteiger partial charge in [0.2, 0.25) is 0 Å². The number of carbonyl (C=O) groups is 2. The summed E-state index contributed by atoms with van der Waals surface area (Å²) in [6.45, 7) is 3.89. The Morgan fingerprint density at radius 1 is 1.48 bits per heavy atom. The molecule has 0 aromatic heterocycles. The first-order valence-corrected chi connectivity index (χ1v) is 6.89. The molecule has 0 saturated heterocycles. The summed E-state index contributed by atoms with van der Waals surface area (Å²) < 4.78 is 5.04. The zero-order valence-electron chi connectivity index (χ0n) is 12.2. The first kappa shape index (κ1) is 17.1. The molecule has 6 nitrogen and oxygen atoms in total. The number of aliphatic carboxylic acids is 1. The number of halogens is 1. The Morgan fingerprint density at radius 2 is 2.14 bits per heavy atom. The van der Waals surface area contributed by atoms with Crippen LogP contribution in [0.5, 0.6) is 5.75 Å². The van der Waals surface area contributed by atoms with Gasteiger partial charge in [-0.25, -0.2) is 4.79 Å². The van der Waals surface area contributed by atoms with Crippen molar-refractivity contribution >= 4 is 29.3 Å². The third-order valence-corrected chi connectivity index (χ3v) is 3.30. The molecular weight excluding hydrogens is 296 g/mol. The van der Waals surface area contributed by atoms with Crippen molar-refractivity contribution in [2.45, 2.75) is 26.3 Å². The summed E-state index contributed by atoms with van der Waals surface area (Å²) in [7, 11) is 1.51. The van der Waals surface area contributed by atoms with Gasteiger partial charge in [-0.15, -0.1) is 0 Å². The number of nitrogens with one attached hydrogen (secondary N) is 1. The van der Waals surface area contributed by atoms with Crippen molar-refractivity contribution in [2.75, 3.05) is 19.0 Å². The maximum atomic E-state index is 12.2. The summed E-state index contributed by atoms with van der Waals surface area (Å²) in [5.41, 5.74) is 0.520. The molecule has 0 aliphatic rings. The number of carbonyl (C=O) groups excluding carboxylic acids is 1. The lowest BCUT2D eigenvalue weighted by molar-refractivity contribution is -0.137. The normalized spacial score (nSPS) is 11.6. The van der Waals surface area contributed by atoms with Gasteiger partial charge in [0.05, 0.1) is 18.6 Å². The zero-order chi connectivity index (χ0) is 16.0. The molecule has 0 fully saturated rings. The van der Waals surface area contributed by atoms with Crippen LogP contribution in [0.1, 0.15) is 20.3 Å². The number of amides is 2. The van der Waals surface area contributed by atoms with Crippen LogP contribution in [0.15, 0.2) is 18.2 Å². The monoisotopic (exact) mass is 314 g/mol. The summed E-state index contributed by atoms with van der Waals surface area (Å²) in [6, 6.07) is 4.12. The minimum atomic E-state index is -0.943. The Bertz CT molecular complexity index is 522. The lowest BCUT2D eigenvalue weighted by Crippen LogP contribution is -2.42. The molecular formula is C14H19ClN2O4. The Kier molecular flexibility index (Phi) is 6.30. The number of urea groups is 1. The van der Waals surface area contributed by atoms with Crippen molar-refractivity contribution in [2.24, 2.45) is 0 Å². The quantitative estimate of drug-likeness (QED) is 0.845. The molecule has 7 heteroatoms. The average Bonchev–Trinajstić information content (AvgIpc) is 2.38. The van der Waals surface area contributed by atoms with Gasteiger partial charge in [0.25, 0.3) is 0 Å². The fraction of sp³-hybridized carbons (Fsp3) is 0.429. The van der Waals surface area contributed by atoms with Gasteiger partial charge in [-0.2, -0.15) is 0 Å². The predicted octanol–water partition coefficient (Wildman–Crippen LogP) is 3.07. The molecule has 0 spiro atoms. The van der Waals surface area contributed by atoms with Crippen LogP contribution >= 0.6 is 11.6 Å². The third kappa shape index (κ3) is 4.82. The van der Waals surface area contributed by atoms with E-state index < -0.39 is 12.0 Å². The van der Waals surface area contributed by atoms with E-state index in [9.17, 15) is 9.59 Å². The Morgan fingerprint density at radius 3 is 2.62 bits per heavy atom. The molecule has 1 unspecified atom stereocenters. The van der Waals surface area contributed by atoms with Crippen molar-refractivity contribution in [3.8, 4) is 5.75 Å². The molecule has 0 aliphatic heterocycles. The molecule has 1 atom stereocenters. The average molecular weight is 315 g/mol. The van der Waals surface area contributed by atoms with Crippen LogP contribution in [0.4, 0.5) is 10.5 Å². The number of anilines is 1. The van der Waals surface area contributed by atoms with E-state index in [0.29, 0.717) is 23.0 Å². The molecule has 0 heterocycles. The molecule has 2 amide bonds. The molecule has 1 rings (SSSR count). The van der Waals surface area contributed by atoms with E-state index >= 15 is 0 Å². The second kappa shape index (κ2) is 7.73. The van der Waals surface area contributed by atoms with Gasteiger partial charge in [-0.3, -0.25) is 4.79 Å². The van der Waals surface area contributed by atoms with Crippen molar-refractivity contribution in [3.63, 3.8) is 0 Å². The number of carboxylic acids is 1. The summed E-state index contributed by atoms with van der Waals surface area (Å²) in [6.07, 6.45) is -0.107.